The predicted molar refractivity (Wildman–Crippen MR) is 137 cm³/mol. The van der Waals surface area contributed by atoms with Crippen molar-refractivity contribution in [3.05, 3.63) is 89.0 Å². The third-order valence-electron chi connectivity index (χ3n) is 8.30. The molecule has 0 radical (unpaired) electrons. The van der Waals surface area contributed by atoms with E-state index in [9.17, 15) is 9.90 Å². The number of carbonyl (C=O) groups excluding carboxylic acids is 1. The average Bonchev–Trinajstić information content (AvgIpc) is 2.81. The van der Waals surface area contributed by atoms with Gasteiger partial charge >= 0.3 is 5.97 Å². The zero-order valence-corrected chi connectivity index (χ0v) is 20.1. The van der Waals surface area contributed by atoms with E-state index in [2.05, 4.69) is 38.1 Å². The summed E-state index contributed by atoms with van der Waals surface area (Å²) in [5, 5.41) is 9.50. The van der Waals surface area contributed by atoms with Gasteiger partial charge in [0, 0.05) is 0 Å². The number of rotatable bonds is 6. The molecule has 4 fully saturated rings. The van der Waals surface area contributed by atoms with E-state index in [4.69, 9.17) is 4.74 Å². The molecule has 176 valence electrons. The number of carbonyl (C=O) groups is 1. The molecule has 0 amide bonds. The van der Waals surface area contributed by atoms with Gasteiger partial charge in [-0.2, -0.15) is 0 Å². The van der Waals surface area contributed by atoms with E-state index in [0.29, 0.717) is 17.4 Å². The topological polar surface area (TPSA) is 46.5 Å². The molecule has 0 aliphatic heterocycles. The van der Waals surface area contributed by atoms with Crippen LogP contribution in [0.3, 0.4) is 0 Å². The van der Waals surface area contributed by atoms with E-state index in [-0.39, 0.29) is 17.3 Å². The Morgan fingerprint density at radius 2 is 1.44 bits per heavy atom. The Bertz CT molecular complexity index is 1090. The zero-order chi connectivity index (χ0) is 23.7. The van der Waals surface area contributed by atoms with Gasteiger partial charge in [0.2, 0.25) is 0 Å². The lowest BCUT2D eigenvalue weighted by Crippen LogP contribution is -2.58. The monoisotopic (exact) mass is 454 g/mol. The largest absolute Gasteiger partial charge is 0.508 e. The van der Waals surface area contributed by atoms with Crippen LogP contribution in [0, 0.1) is 30.6 Å². The molecule has 0 spiro atoms. The molecule has 0 aromatic heterocycles. The molecule has 4 aliphatic carbocycles. The SMILES string of the molecule is Cc1ccc(C=CC(=CC=Cc2ccc(O)cc2)C(=O)OC2(C)C3CC4CC(C3)CC2C4)cc1. The summed E-state index contributed by atoms with van der Waals surface area (Å²) in [7, 11) is 0. The summed E-state index contributed by atoms with van der Waals surface area (Å²) in [5.74, 6) is 2.64. The van der Waals surface area contributed by atoms with Crippen molar-refractivity contribution >= 4 is 18.1 Å². The van der Waals surface area contributed by atoms with Crippen LogP contribution in [0.1, 0.15) is 55.7 Å². The molecule has 2 aromatic rings. The van der Waals surface area contributed by atoms with Crippen LogP contribution >= 0.6 is 0 Å². The van der Waals surface area contributed by atoms with Crippen molar-refractivity contribution in [2.45, 2.75) is 51.6 Å². The maximum absolute atomic E-state index is 13.5. The minimum Gasteiger partial charge on any atom is -0.508 e. The maximum Gasteiger partial charge on any atom is 0.338 e. The van der Waals surface area contributed by atoms with Gasteiger partial charge in [-0.15, -0.1) is 0 Å². The fourth-order valence-corrected chi connectivity index (χ4v) is 6.45. The van der Waals surface area contributed by atoms with Crippen LogP contribution in [0.4, 0.5) is 0 Å². The molecule has 0 heterocycles. The van der Waals surface area contributed by atoms with Crippen LogP contribution in [0.2, 0.25) is 0 Å². The number of ether oxygens (including phenoxy) is 1. The first-order chi connectivity index (χ1) is 16.4. The van der Waals surface area contributed by atoms with Crippen molar-refractivity contribution in [1.29, 1.82) is 0 Å². The molecule has 6 rings (SSSR count). The van der Waals surface area contributed by atoms with Crippen LogP contribution in [0.5, 0.6) is 5.75 Å². The lowest BCUT2D eigenvalue weighted by molar-refractivity contribution is -0.199. The number of esters is 1. The summed E-state index contributed by atoms with van der Waals surface area (Å²) in [6, 6.07) is 15.3. The maximum atomic E-state index is 13.5. The van der Waals surface area contributed by atoms with Gasteiger partial charge in [-0.05, 0) is 105 Å². The Morgan fingerprint density at radius 3 is 2.06 bits per heavy atom. The van der Waals surface area contributed by atoms with Gasteiger partial charge < -0.3 is 9.84 Å². The van der Waals surface area contributed by atoms with E-state index in [1.54, 1.807) is 12.1 Å². The Kier molecular flexibility index (Phi) is 6.20. The van der Waals surface area contributed by atoms with E-state index in [1.807, 2.05) is 42.5 Å². The molecule has 2 aromatic carbocycles. The van der Waals surface area contributed by atoms with Gasteiger partial charge in [0.15, 0.2) is 0 Å². The highest BCUT2D eigenvalue weighted by Gasteiger charge is 2.57. The minimum atomic E-state index is -0.359. The molecular formula is C31H34O3. The Morgan fingerprint density at radius 1 is 0.882 bits per heavy atom. The number of hydrogen-bond donors (Lipinski definition) is 1. The van der Waals surface area contributed by atoms with E-state index < -0.39 is 0 Å². The highest BCUT2D eigenvalue weighted by Crippen LogP contribution is 2.59. The lowest BCUT2D eigenvalue weighted by atomic mass is 9.50. The highest BCUT2D eigenvalue weighted by molar-refractivity contribution is 5.93. The summed E-state index contributed by atoms with van der Waals surface area (Å²) in [4.78, 5) is 13.5. The van der Waals surface area contributed by atoms with Gasteiger partial charge in [0.05, 0.1) is 5.57 Å². The number of hydrogen-bond acceptors (Lipinski definition) is 3. The van der Waals surface area contributed by atoms with Gasteiger partial charge in [0.1, 0.15) is 11.4 Å². The summed E-state index contributed by atoms with van der Waals surface area (Å²) >= 11 is 0. The quantitative estimate of drug-likeness (QED) is 0.287. The summed E-state index contributed by atoms with van der Waals surface area (Å²) in [5.41, 5.74) is 3.40. The number of phenols is 1. The van der Waals surface area contributed by atoms with Gasteiger partial charge in [0.25, 0.3) is 0 Å². The average molecular weight is 455 g/mol. The molecular weight excluding hydrogens is 420 g/mol. The zero-order valence-electron chi connectivity index (χ0n) is 20.1. The number of allylic oxidation sites excluding steroid dienone is 2. The van der Waals surface area contributed by atoms with E-state index >= 15 is 0 Å². The first kappa shape index (κ1) is 22.7. The molecule has 0 unspecified atom stereocenters. The van der Waals surface area contributed by atoms with Crippen molar-refractivity contribution in [2.75, 3.05) is 0 Å². The van der Waals surface area contributed by atoms with Crippen LogP contribution in [0.15, 0.2) is 72.3 Å². The molecule has 34 heavy (non-hydrogen) atoms. The standard InChI is InChI=1S/C31H34O3/c1-21-6-8-23(9-7-21)10-13-26(5-3-4-22-11-14-29(32)15-12-22)30(33)34-31(2)27-17-24-16-25(19-27)20-28(31)18-24/h3-15,24-25,27-28,32H,16-20H2,1-2H3. The first-order valence-electron chi connectivity index (χ1n) is 12.5. The second-order valence-electron chi connectivity index (χ2n) is 10.7. The number of aromatic hydroxyl groups is 1. The van der Waals surface area contributed by atoms with Crippen molar-refractivity contribution in [1.82, 2.24) is 0 Å². The third kappa shape index (κ3) is 4.75. The molecule has 3 heteroatoms. The van der Waals surface area contributed by atoms with Crippen LogP contribution in [0.25, 0.3) is 12.2 Å². The number of benzene rings is 2. The number of aryl methyl sites for hydroxylation is 1. The Balaban J connectivity index is 1.38. The van der Waals surface area contributed by atoms with E-state index in [1.165, 1.54) is 37.7 Å². The molecule has 0 saturated heterocycles. The Hall–Kier alpha value is -3.07. The van der Waals surface area contributed by atoms with Crippen molar-refractivity contribution in [2.24, 2.45) is 23.7 Å². The second kappa shape index (κ2) is 9.29. The first-order valence-corrected chi connectivity index (χ1v) is 12.5. The summed E-state index contributed by atoms with van der Waals surface area (Å²) in [6.07, 6.45) is 15.7. The Labute approximate surface area is 202 Å². The molecule has 4 saturated carbocycles. The molecule has 4 aliphatic rings. The molecule has 4 bridgehead atoms. The van der Waals surface area contributed by atoms with Crippen molar-refractivity contribution in [3.8, 4) is 5.75 Å². The number of phenolic OH excluding ortho intramolecular Hbond substituents is 1. The van der Waals surface area contributed by atoms with E-state index in [0.717, 1.165) is 23.0 Å². The van der Waals surface area contributed by atoms with Crippen LogP contribution < -0.4 is 0 Å². The van der Waals surface area contributed by atoms with Crippen molar-refractivity contribution < 1.29 is 14.6 Å². The normalized spacial score (nSPS) is 30.4. The summed E-state index contributed by atoms with van der Waals surface area (Å²) < 4.78 is 6.38. The second-order valence-corrected chi connectivity index (χ2v) is 10.7. The van der Waals surface area contributed by atoms with Gasteiger partial charge in [-0.1, -0.05) is 60.2 Å². The van der Waals surface area contributed by atoms with Crippen LogP contribution in [-0.4, -0.2) is 16.7 Å². The minimum absolute atomic E-state index is 0.238. The van der Waals surface area contributed by atoms with Crippen molar-refractivity contribution in [3.63, 3.8) is 0 Å². The molecule has 0 atom stereocenters. The molecule has 1 N–H and O–H groups in total. The lowest BCUT2D eigenvalue weighted by Gasteiger charge is -2.59. The van der Waals surface area contributed by atoms with Gasteiger partial charge in [-0.25, -0.2) is 4.79 Å². The fourth-order valence-electron chi connectivity index (χ4n) is 6.45. The fraction of sp³-hybridized carbons (Fsp3) is 0.387. The summed E-state index contributed by atoms with van der Waals surface area (Å²) in [6.45, 7) is 4.25. The third-order valence-corrected chi connectivity index (χ3v) is 8.30. The highest BCUT2D eigenvalue weighted by atomic mass is 16.6. The molecule has 3 nitrogen and oxygen atoms in total. The predicted octanol–water partition coefficient (Wildman–Crippen LogP) is 7.11. The van der Waals surface area contributed by atoms with Crippen LogP contribution in [-0.2, 0) is 9.53 Å². The van der Waals surface area contributed by atoms with Gasteiger partial charge in [-0.3, -0.25) is 0 Å². The smallest absolute Gasteiger partial charge is 0.338 e.